The van der Waals surface area contributed by atoms with Crippen LogP contribution in [0.4, 0.5) is 0 Å². The van der Waals surface area contributed by atoms with E-state index in [9.17, 15) is 14.7 Å². The summed E-state index contributed by atoms with van der Waals surface area (Å²) in [5, 5.41) is 11.7. The molecule has 2 saturated heterocycles. The number of rotatable bonds is 5. The van der Waals surface area contributed by atoms with E-state index >= 15 is 0 Å². The van der Waals surface area contributed by atoms with Crippen molar-refractivity contribution in [1.29, 1.82) is 0 Å². The van der Waals surface area contributed by atoms with Crippen LogP contribution >= 0.6 is 23.2 Å². The average Bonchev–Trinajstić information content (AvgIpc) is 3.35. The second kappa shape index (κ2) is 9.14. The Morgan fingerprint density at radius 3 is 2.69 bits per heavy atom. The maximum atomic E-state index is 13.2. The van der Waals surface area contributed by atoms with Gasteiger partial charge < -0.3 is 19.5 Å². The van der Waals surface area contributed by atoms with Gasteiger partial charge in [0, 0.05) is 18.2 Å². The van der Waals surface area contributed by atoms with E-state index in [0.29, 0.717) is 6.61 Å². The normalized spacial score (nSPS) is 22.6. The lowest BCUT2D eigenvalue weighted by Gasteiger charge is -2.27. The van der Waals surface area contributed by atoms with Crippen molar-refractivity contribution in [3.05, 3.63) is 68.7 Å². The molecule has 2 aromatic rings. The summed E-state index contributed by atoms with van der Waals surface area (Å²) >= 11 is 12.4. The number of aliphatic hydroxyl groups excluding tert-OH is 1. The highest BCUT2D eigenvalue weighted by molar-refractivity contribution is 6.46. The maximum Gasteiger partial charge on any atom is 0.295 e. The largest absolute Gasteiger partial charge is 0.507 e. The monoisotopic (exact) mass is 475 g/mol. The lowest BCUT2D eigenvalue weighted by atomic mass is 9.94. The number of benzene rings is 2. The smallest absolute Gasteiger partial charge is 0.295 e. The SMILES string of the molecule is COc1c(Cl)cc(Cl)cc1/C(O)=C1\C(=O)C(=O)N(CC2CCCO2)C1c1cccc(C)c1. The van der Waals surface area contributed by atoms with Crippen molar-refractivity contribution >= 4 is 40.7 Å². The van der Waals surface area contributed by atoms with Crippen molar-refractivity contribution in [2.75, 3.05) is 20.3 Å². The number of Topliss-reactive ketones (excluding diaryl/α,β-unsaturated/α-hetero) is 1. The van der Waals surface area contributed by atoms with E-state index in [1.807, 2.05) is 31.2 Å². The molecule has 2 atom stereocenters. The van der Waals surface area contributed by atoms with Gasteiger partial charge in [-0.25, -0.2) is 0 Å². The van der Waals surface area contributed by atoms with Gasteiger partial charge >= 0.3 is 0 Å². The fourth-order valence-corrected chi connectivity index (χ4v) is 4.92. The zero-order chi connectivity index (χ0) is 23.0. The van der Waals surface area contributed by atoms with E-state index < -0.39 is 17.7 Å². The van der Waals surface area contributed by atoms with Crippen LogP contribution in [0.15, 0.2) is 42.0 Å². The van der Waals surface area contributed by atoms with Crippen molar-refractivity contribution in [3.63, 3.8) is 0 Å². The molecule has 0 aromatic heterocycles. The molecule has 2 fully saturated rings. The number of amides is 1. The van der Waals surface area contributed by atoms with Gasteiger partial charge in [-0.1, -0.05) is 53.0 Å². The Hall–Kier alpha value is -2.54. The molecule has 32 heavy (non-hydrogen) atoms. The number of aryl methyl sites for hydroxylation is 1. The summed E-state index contributed by atoms with van der Waals surface area (Å²) in [6.07, 6.45) is 1.55. The Morgan fingerprint density at radius 2 is 2.03 bits per heavy atom. The summed E-state index contributed by atoms with van der Waals surface area (Å²) in [5.74, 6) is -1.67. The van der Waals surface area contributed by atoms with Crippen LogP contribution in [0.2, 0.25) is 10.0 Å². The number of hydrogen-bond acceptors (Lipinski definition) is 5. The van der Waals surface area contributed by atoms with Crippen LogP contribution in [0.5, 0.6) is 5.75 Å². The van der Waals surface area contributed by atoms with Gasteiger partial charge in [-0.15, -0.1) is 0 Å². The number of nitrogens with zero attached hydrogens (tertiary/aromatic N) is 1. The van der Waals surface area contributed by atoms with Crippen LogP contribution in [0.25, 0.3) is 5.76 Å². The molecule has 0 radical (unpaired) electrons. The first-order valence-corrected chi connectivity index (χ1v) is 11.1. The number of carbonyl (C=O) groups excluding carboxylic acids is 2. The van der Waals surface area contributed by atoms with Crippen molar-refractivity contribution in [1.82, 2.24) is 4.90 Å². The number of methoxy groups -OCH3 is 1. The first-order valence-electron chi connectivity index (χ1n) is 10.3. The number of ketones is 1. The molecule has 2 heterocycles. The highest BCUT2D eigenvalue weighted by Gasteiger charge is 2.47. The molecule has 2 aromatic carbocycles. The molecule has 8 heteroatoms. The number of halogens is 2. The van der Waals surface area contributed by atoms with Crippen LogP contribution in [0.1, 0.15) is 35.6 Å². The summed E-state index contributed by atoms with van der Waals surface area (Å²) in [7, 11) is 1.40. The fraction of sp³-hybridized carbons (Fsp3) is 0.333. The van der Waals surface area contributed by atoms with Gasteiger partial charge in [0.1, 0.15) is 11.5 Å². The predicted molar refractivity (Wildman–Crippen MR) is 122 cm³/mol. The summed E-state index contributed by atoms with van der Waals surface area (Å²) in [4.78, 5) is 27.8. The van der Waals surface area contributed by atoms with Gasteiger partial charge in [0.25, 0.3) is 11.7 Å². The minimum Gasteiger partial charge on any atom is -0.507 e. The molecular formula is C24H23Cl2NO5. The lowest BCUT2D eigenvalue weighted by molar-refractivity contribution is -0.140. The Labute approximate surface area is 196 Å². The van der Waals surface area contributed by atoms with Gasteiger partial charge in [0.15, 0.2) is 0 Å². The summed E-state index contributed by atoms with van der Waals surface area (Å²) in [6.45, 7) is 2.81. The number of ether oxygens (including phenoxy) is 2. The van der Waals surface area contributed by atoms with Crippen LogP contribution in [-0.4, -0.2) is 48.1 Å². The van der Waals surface area contributed by atoms with E-state index in [0.717, 1.165) is 24.0 Å². The van der Waals surface area contributed by atoms with Gasteiger partial charge in [0.05, 0.1) is 35.4 Å². The first-order chi connectivity index (χ1) is 15.3. The minimum atomic E-state index is -0.776. The van der Waals surface area contributed by atoms with Gasteiger partial charge in [-0.2, -0.15) is 0 Å². The molecular weight excluding hydrogens is 453 g/mol. The summed E-state index contributed by atoms with van der Waals surface area (Å²) in [5.41, 5.74) is 1.80. The van der Waals surface area contributed by atoms with E-state index in [1.165, 1.54) is 24.1 Å². The molecule has 2 aliphatic rings. The minimum absolute atomic E-state index is 0.0322. The first kappa shape index (κ1) is 22.6. The van der Waals surface area contributed by atoms with Crippen LogP contribution in [0.3, 0.4) is 0 Å². The van der Waals surface area contributed by atoms with Crippen LogP contribution in [0, 0.1) is 6.92 Å². The van der Waals surface area contributed by atoms with Crippen molar-refractivity contribution in [3.8, 4) is 5.75 Å². The van der Waals surface area contributed by atoms with Crippen molar-refractivity contribution in [2.45, 2.75) is 31.9 Å². The third-order valence-electron chi connectivity index (χ3n) is 5.79. The maximum absolute atomic E-state index is 13.2. The number of carbonyl (C=O) groups is 2. The Bertz CT molecular complexity index is 1110. The molecule has 1 amide bonds. The Kier molecular flexibility index (Phi) is 6.47. The van der Waals surface area contributed by atoms with Gasteiger partial charge in [-0.05, 0) is 37.5 Å². The highest BCUT2D eigenvalue weighted by Crippen LogP contribution is 2.43. The number of hydrogen-bond donors (Lipinski definition) is 1. The molecule has 0 aliphatic carbocycles. The molecule has 0 bridgehead atoms. The third kappa shape index (κ3) is 4.10. The summed E-state index contributed by atoms with van der Waals surface area (Å²) in [6, 6.07) is 9.68. The number of likely N-dealkylation sites (tertiary alicyclic amines) is 1. The zero-order valence-corrected chi connectivity index (χ0v) is 19.2. The summed E-state index contributed by atoms with van der Waals surface area (Å²) < 4.78 is 11.1. The van der Waals surface area contributed by atoms with E-state index in [2.05, 4.69) is 0 Å². The van der Waals surface area contributed by atoms with E-state index in [1.54, 1.807) is 0 Å². The predicted octanol–water partition coefficient (Wildman–Crippen LogP) is 4.91. The average molecular weight is 476 g/mol. The molecule has 0 saturated carbocycles. The van der Waals surface area contributed by atoms with Crippen molar-refractivity contribution < 1.29 is 24.2 Å². The highest BCUT2D eigenvalue weighted by atomic mass is 35.5. The zero-order valence-electron chi connectivity index (χ0n) is 17.7. The molecule has 1 N–H and O–H groups in total. The topological polar surface area (TPSA) is 76.1 Å². The van der Waals surface area contributed by atoms with Crippen molar-refractivity contribution in [2.24, 2.45) is 0 Å². The van der Waals surface area contributed by atoms with Crippen LogP contribution in [-0.2, 0) is 14.3 Å². The molecule has 2 aliphatic heterocycles. The fourth-order valence-electron chi connectivity index (χ4n) is 4.35. The number of aliphatic hydroxyl groups is 1. The van der Waals surface area contributed by atoms with Gasteiger partial charge in [-0.3, -0.25) is 9.59 Å². The molecule has 6 nitrogen and oxygen atoms in total. The van der Waals surface area contributed by atoms with Gasteiger partial charge in [0.2, 0.25) is 0 Å². The van der Waals surface area contributed by atoms with E-state index in [4.69, 9.17) is 32.7 Å². The lowest BCUT2D eigenvalue weighted by Crippen LogP contribution is -2.36. The molecule has 168 valence electrons. The molecule has 0 spiro atoms. The molecule has 4 rings (SSSR count). The van der Waals surface area contributed by atoms with E-state index in [-0.39, 0.29) is 45.3 Å². The quantitative estimate of drug-likeness (QED) is 0.377. The van der Waals surface area contributed by atoms with Crippen LogP contribution < -0.4 is 4.74 Å². The second-order valence-corrected chi connectivity index (χ2v) is 8.81. The standard InChI is InChI=1S/C24H23Cl2NO5/c1-13-5-3-6-14(9-13)20-19(21(28)17-10-15(25)11-18(26)23(17)31-2)22(29)24(30)27(20)12-16-7-4-8-32-16/h3,5-6,9-11,16,20,28H,4,7-8,12H2,1-2H3/b21-19+. The Morgan fingerprint density at radius 1 is 1.25 bits per heavy atom. The molecule has 2 unspecified atom stereocenters. The second-order valence-electron chi connectivity index (χ2n) is 7.97. The third-order valence-corrected chi connectivity index (χ3v) is 6.29. The Balaban J connectivity index is 1.90.